The fourth-order valence-electron chi connectivity index (χ4n) is 3.63. The molecule has 0 spiro atoms. The molecule has 0 bridgehead atoms. The number of ether oxygens (including phenoxy) is 2. The third-order valence-electron chi connectivity index (χ3n) is 5.34. The van der Waals surface area contributed by atoms with Gasteiger partial charge in [0.25, 0.3) is 5.91 Å². The predicted molar refractivity (Wildman–Crippen MR) is 105 cm³/mol. The molecule has 1 aromatic carbocycles. The zero-order valence-electron chi connectivity index (χ0n) is 16.4. The number of hydrogen-bond acceptors (Lipinski definition) is 4. The average Bonchev–Trinajstić information content (AvgIpc) is 3.40. The van der Waals surface area contributed by atoms with E-state index in [4.69, 9.17) is 9.47 Å². The smallest absolute Gasteiger partial charge is 0.273 e. The van der Waals surface area contributed by atoms with Gasteiger partial charge in [0.15, 0.2) is 11.4 Å². The number of amides is 1. The van der Waals surface area contributed by atoms with E-state index in [0.29, 0.717) is 24.6 Å². The van der Waals surface area contributed by atoms with Gasteiger partial charge in [-0.3, -0.25) is 4.79 Å². The molecule has 7 heteroatoms. The number of hydrogen-bond donors (Lipinski definition) is 1. The Kier molecular flexibility index (Phi) is 4.10. The lowest BCUT2D eigenvalue weighted by atomic mass is 10.1. The van der Waals surface area contributed by atoms with Gasteiger partial charge >= 0.3 is 0 Å². The largest absolute Gasteiger partial charge is 0.460 e. The highest BCUT2D eigenvalue weighted by molar-refractivity contribution is 5.96. The molecule has 3 aromatic rings. The van der Waals surface area contributed by atoms with Crippen molar-refractivity contribution in [3.05, 3.63) is 59.3 Å². The molecular formula is C22H22FN3O3. The molecule has 5 rings (SSSR count). The van der Waals surface area contributed by atoms with E-state index in [1.165, 1.54) is 12.1 Å². The van der Waals surface area contributed by atoms with Crippen LogP contribution in [0.25, 0.3) is 10.9 Å². The van der Waals surface area contributed by atoms with E-state index in [-0.39, 0.29) is 17.8 Å². The molecule has 1 aliphatic carbocycles. The van der Waals surface area contributed by atoms with Crippen LogP contribution in [0.15, 0.2) is 36.7 Å². The lowest BCUT2D eigenvalue weighted by molar-refractivity contribution is -0.180. The Hall–Kier alpha value is -2.93. The molecule has 0 radical (unpaired) electrons. The number of nitrogens with one attached hydrogen (secondary N) is 1. The van der Waals surface area contributed by atoms with Crippen molar-refractivity contribution in [1.29, 1.82) is 0 Å². The minimum Gasteiger partial charge on any atom is -0.460 e. The normalized spacial score (nSPS) is 17.6. The molecule has 1 saturated carbocycles. The first-order valence-corrected chi connectivity index (χ1v) is 9.78. The summed E-state index contributed by atoms with van der Waals surface area (Å²) >= 11 is 0. The Bertz CT molecular complexity index is 1120. The lowest BCUT2D eigenvalue weighted by Crippen LogP contribution is -2.38. The van der Waals surface area contributed by atoms with Crippen molar-refractivity contribution in [2.45, 2.75) is 51.7 Å². The summed E-state index contributed by atoms with van der Waals surface area (Å²) < 4.78 is 27.4. The molecule has 2 aliphatic rings. The highest BCUT2D eigenvalue weighted by Crippen LogP contribution is 2.36. The monoisotopic (exact) mass is 395 g/mol. The molecule has 0 atom stereocenters. The Labute approximate surface area is 167 Å². The van der Waals surface area contributed by atoms with Crippen molar-refractivity contribution >= 4 is 16.8 Å². The second-order valence-corrected chi connectivity index (χ2v) is 8.12. The van der Waals surface area contributed by atoms with Crippen LogP contribution in [0.2, 0.25) is 0 Å². The Morgan fingerprint density at radius 1 is 1.34 bits per heavy atom. The van der Waals surface area contributed by atoms with Crippen molar-refractivity contribution in [3.63, 3.8) is 0 Å². The Morgan fingerprint density at radius 2 is 2.17 bits per heavy atom. The summed E-state index contributed by atoms with van der Waals surface area (Å²) in [5.41, 5.74) is 2.95. The molecule has 6 nitrogen and oxygen atoms in total. The van der Waals surface area contributed by atoms with E-state index in [1.807, 2.05) is 30.7 Å². The topological polar surface area (TPSA) is 65.4 Å². The lowest BCUT2D eigenvalue weighted by Gasteiger charge is -2.34. The van der Waals surface area contributed by atoms with Crippen molar-refractivity contribution in [2.75, 3.05) is 0 Å². The predicted octanol–water partition coefficient (Wildman–Crippen LogP) is 3.76. The van der Waals surface area contributed by atoms with Crippen LogP contribution in [0.4, 0.5) is 4.39 Å². The fraction of sp³-hybridized carbons (Fsp3) is 0.364. The van der Waals surface area contributed by atoms with Gasteiger partial charge < -0.3 is 19.4 Å². The third-order valence-corrected chi connectivity index (χ3v) is 5.34. The van der Waals surface area contributed by atoms with Gasteiger partial charge in [-0.15, -0.1) is 0 Å². The number of carbonyl (C=O) groups excluding carboxylic acids is 1. The molecule has 1 amide bonds. The van der Waals surface area contributed by atoms with Crippen LogP contribution in [0, 0.1) is 5.82 Å². The maximum Gasteiger partial charge on any atom is 0.273 e. The van der Waals surface area contributed by atoms with Gasteiger partial charge in [-0.25, -0.2) is 9.37 Å². The van der Waals surface area contributed by atoms with Gasteiger partial charge in [0.1, 0.15) is 5.82 Å². The van der Waals surface area contributed by atoms with Crippen molar-refractivity contribution in [2.24, 2.45) is 0 Å². The highest BCUT2D eigenvalue weighted by Gasteiger charge is 2.34. The van der Waals surface area contributed by atoms with Crippen LogP contribution in [0.1, 0.15) is 48.3 Å². The second-order valence-electron chi connectivity index (χ2n) is 8.12. The molecule has 150 valence electrons. The zero-order valence-corrected chi connectivity index (χ0v) is 16.4. The number of benzene rings is 1. The minimum absolute atomic E-state index is 0.213. The summed E-state index contributed by atoms with van der Waals surface area (Å²) in [4.78, 5) is 17.1. The van der Waals surface area contributed by atoms with Crippen molar-refractivity contribution < 1.29 is 18.7 Å². The summed E-state index contributed by atoms with van der Waals surface area (Å²) in [7, 11) is 0. The van der Waals surface area contributed by atoms with Crippen LogP contribution >= 0.6 is 0 Å². The van der Waals surface area contributed by atoms with E-state index in [2.05, 4.69) is 10.3 Å². The summed E-state index contributed by atoms with van der Waals surface area (Å²) in [6.45, 7) is 4.48. The Morgan fingerprint density at radius 3 is 2.97 bits per heavy atom. The first-order chi connectivity index (χ1) is 13.9. The summed E-state index contributed by atoms with van der Waals surface area (Å²) in [6.07, 6.45) is 5.63. The standard InChI is InChI=1S/C22H22FN3O3/c1-22(2)28-12-17-14(11-26-8-7-13-9-15(23)3-6-18(13)26)10-24-19(20(17)29-22)21(27)25-16-4-5-16/h3,6-10,16H,4-5,11-12H2,1-2H3,(H,25,27). The Balaban J connectivity index is 1.54. The van der Waals surface area contributed by atoms with Crippen molar-refractivity contribution in [1.82, 2.24) is 14.9 Å². The number of rotatable bonds is 4. The van der Waals surface area contributed by atoms with Crippen LogP contribution in [0.3, 0.4) is 0 Å². The van der Waals surface area contributed by atoms with E-state index < -0.39 is 5.79 Å². The van der Waals surface area contributed by atoms with E-state index in [9.17, 15) is 9.18 Å². The molecular weight excluding hydrogens is 373 g/mol. The maximum atomic E-state index is 13.5. The molecule has 0 saturated heterocycles. The fourth-order valence-corrected chi connectivity index (χ4v) is 3.63. The number of carbonyl (C=O) groups is 1. The summed E-state index contributed by atoms with van der Waals surface area (Å²) in [5.74, 6) is -0.821. The molecule has 2 aromatic heterocycles. The van der Waals surface area contributed by atoms with Gasteiger partial charge in [0.2, 0.25) is 5.79 Å². The van der Waals surface area contributed by atoms with E-state index in [0.717, 1.165) is 34.9 Å². The molecule has 0 unspecified atom stereocenters. The molecule has 29 heavy (non-hydrogen) atoms. The molecule has 3 heterocycles. The highest BCUT2D eigenvalue weighted by atomic mass is 19.1. The number of fused-ring (bicyclic) bond motifs is 2. The minimum atomic E-state index is -0.834. The van der Waals surface area contributed by atoms with Gasteiger partial charge in [-0.2, -0.15) is 0 Å². The second kappa shape index (κ2) is 6.56. The maximum absolute atomic E-state index is 13.5. The SMILES string of the molecule is CC1(C)OCc2c(Cn3ccc4cc(F)ccc43)cnc(C(=O)NC3CC3)c2O1. The number of pyridine rings is 1. The average molecular weight is 395 g/mol. The number of halogens is 1. The summed E-state index contributed by atoms with van der Waals surface area (Å²) in [6, 6.07) is 6.84. The first kappa shape index (κ1) is 18.1. The van der Waals surface area contributed by atoms with E-state index >= 15 is 0 Å². The first-order valence-electron chi connectivity index (χ1n) is 9.78. The molecule has 1 aliphatic heterocycles. The van der Waals surface area contributed by atoms with Crippen LogP contribution in [-0.2, 0) is 17.9 Å². The van der Waals surface area contributed by atoms with Crippen LogP contribution in [0.5, 0.6) is 5.75 Å². The summed E-state index contributed by atoms with van der Waals surface area (Å²) in [5, 5.41) is 3.81. The van der Waals surface area contributed by atoms with Gasteiger partial charge in [0, 0.05) is 55.3 Å². The molecule has 1 N–H and O–H groups in total. The van der Waals surface area contributed by atoms with Gasteiger partial charge in [-0.05, 0) is 42.7 Å². The zero-order chi connectivity index (χ0) is 20.2. The quantitative estimate of drug-likeness (QED) is 0.731. The third kappa shape index (κ3) is 3.46. The van der Waals surface area contributed by atoms with Crippen LogP contribution in [-0.4, -0.2) is 27.3 Å². The van der Waals surface area contributed by atoms with Crippen molar-refractivity contribution in [3.8, 4) is 5.75 Å². The molecule has 1 fully saturated rings. The van der Waals surface area contributed by atoms with Gasteiger partial charge in [-0.1, -0.05) is 0 Å². The number of nitrogens with zero attached hydrogens (tertiary/aromatic N) is 2. The van der Waals surface area contributed by atoms with Crippen LogP contribution < -0.4 is 10.1 Å². The van der Waals surface area contributed by atoms with E-state index in [1.54, 1.807) is 12.3 Å². The van der Waals surface area contributed by atoms with Gasteiger partial charge in [0.05, 0.1) is 6.61 Å². The number of aromatic nitrogens is 2.